The van der Waals surface area contributed by atoms with Gasteiger partial charge in [0.25, 0.3) is 0 Å². The number of carbonyl (C=O) groups is 2. The van der Waals surface area contributed by atoms with Crippen LogP contribution in [0.15, 0.2) is 0 Å². The second kappa shape index (κ2) is 4.80. The molecule has 1 aliphatic rings. The number of aliphatic carboxylic acids is 1. The smallest absolute Gasteiger partial charge is 0.334 e. The average Bonchev–Trinajstić information content (AvgIpc) is 2.28. The molecule has 3 N–H and O–H groups in total. The van der Waals surface area contributed by atoms with Crippen molar-refractivity contribution in [1.82, 2.24) is 4.90 Å². The highest BCUT2D eigenvalue weighted by atomic mass is 16.5. The largest absolute Gasteiger partial charge is 0.479 e. The molecule has 1 unspecified atom stereocenters. The monoisotopic (exact) mass is 230 g/mol. The Morgan fingerprint density at radius 1 is 1.56 bits per heavy atom. The number of nitrogens with two attached hydrogens (primary N) is 1. The molecule has 0 aromatic rings. The Balaban J connectivity index is 2.67. The van der Waals surface area contributed by atoms with Crippen LogP contribution in [0.1, 0.15) is 13.8 Å². The predicted molar refractivity (Wildman–Crippen MR) is 56.8 cm³/mol. The van der Waals surface area contributed by atoms with E-state index in [1.807, 2.05) is 0 Å². The average molecular weight is 230 g/mol. The lowest BCUT2D eigenvalue weighted by molar-refractivity contribution is -0.162. The van der Waals surface area contributed by atoms with Crippen LogP contribution >= 0.6 is 0 Å². The zero-order valence-electron chi connectivity index (χ0n) is 9.60. The third-order valence-corrected chi connectivity index (χ3v) is 2.72. The van der Waals surface area contributed by atoms with Crippen LogP contribution in [0.2, 0.25) is 0 Å². The Hall–Kier alpha value is -1.14. The molecule has 0 saturated carbocycles. The summed E-state index contributed by atoms with van der Waals surface area (Å²) < 4.78 is 5.04. The van der Waals surface area contributed by atoms with Crippen LogP contribution in [0.4, 0.5) is 0 Å². The van der Waals surface area contributed by atoms with Crippen molar-refractivity contribution in [1.29, 1.82) is 0 Å². The highest BCUT2D eigenvalue weighted by Crippen LogP contribution is 2.19. The summed E-state index contributed by atoms with van der Waals surface area (Å²) in [5.41, 5.74) is 4.86. The first-order valence-electron chi connectivity index (χ1n) is 5.22. The van der Waals surface area contributed by atoms with E-state index in [4.69, 9.17) is 15.6 Å². The molecule has 1 heterocycles. The van der Waals surface area contributed by atoms with E-state index in [1.165, 1.54) is 4.90 Å². The van der Waals surface area contributed by atoms with Gasteiger partial charge < -0.3 is 20.5 Å². The molecule has 6 heteroatoms. The van der Waals surface area contributed by atoms with Gasteiger partial charge >= 0.3 is 5.97 Å². The molecule has 92 valence electrons. The fourth-order valence-corrected chi connectivity index (χ4v) is 1.50. The van der Waals surface area contributed by atoms with Gasteiger partial charge in [-0.2, -0.15) is 0 Å². The molecule has 6 nitrogen and oxygen atoms in total. The molecule has 0 aliphatic carbocycles. The van der Waals surface area contributed by atoms with Crippen LogP contribution in [0.5, 0.6) is 0 Å². The number of carboxylic acids is 1. The van der Waals surface area contributed by atoms with Crippen molar-refractivity contribution in [3.63, 3.8) is 0 Å². The maximum Gasteiger partial charge on any atom is 0.334 e. The van der Waals surface area contributed by atoms with Crippen molar-refractivity contribution in [2.24, 2.45) is 11.1 Å². The number of ether oxygens (including phenoxy) is 1. The van der Waals surface area contributed by atoms with Crippen LogP contribution in [0, 0.1) is 5.41 Å². The highest BCUT2D eigenvalue weighted by Gasteiger charge is 2.35. The van der Waals surface area contributed by atoms with Crippen molar-refractivity contribution in [3.05, 3.63) is 0 Å². The van der Waals surface area contributed by atoms with Crippen molar-refractivity contribution in [2.75, 3.05) is 26.2 Å². The lowest BCUT2D eigenvalue weighted by Gasteiger charge is -2.35. The predicted octanol–water partition coefficient (Wildman–Crippen LogP) is -0.717. The van der Waals surface area contributed by atoms with Crippen molar-refractivity contribution in [2.45, 2.75) is 20.0 Å². The van der Waals surface area contributed by atoms with Gasteiger partial charge in [0, 0.05) is 13.1 Å². The highest BCUT2D eigenvalue weighted by molar-refractivity contribution is 5.83. The van der Waals surface area contributed by atoms with Crippen LogP contribution in [0.3, 0.4) is 0 Å². The van der Waals surface area contributed by atoms with E-state index < -0.39 is 17.5 Å². The minimum Gasteiger partial charge on any atom is -0.479 e. The van der Waals surface area contributed by atoms with E-state index in [9.17, 15) is 9.59 Å². The fourth-order valence-electron chi connectivity index (χ4n) is 1.50. The topological polar surface area (TPSA) is 92.9 Å². The molecule has 1 rings (SSSR count). The number of hydrogen-bond donors (Lipinski definition) is 2. The van der Waals surface area contributed by atoms with Crippen LogP contribution in [-0.4, -0.2) is 54.2 Å². The Kier molecular flexibility index (Phi) is 3.88. The molecule has 1 saturated heterocycles. The first-order valence-corrected chi connectivity index (χ1v) is 5.22. The van der Waals surface area contributed by atoms with E-state index in [1.54, 1.807) is 13.8 Å². The molecule has 16 heavy (non-hydrogen) atoms. The van der Waals surface area contributed by atoms with Crippen LogP contribution in [0.25, 0.3) is 0 Å². The summed E-state index contributed by atoms with van der Waals surface area (Å²) in [6.07, 6.45) is -0.925. The number of amides is 1. The number of nitrogens with zero attached hydrogens (tertiary/aromatic N) is 1. The summed E-state index contributed by atoms with van der Waals surface area (Å²) in [6.45, 7) is 4.51. The van der Waals surface area contributed by atoms with E-state index >= 15 is 0 Å². The maximum atomic E-state index is 12.0. The van der Waals surface area contributed by atoms with E-state index in [0.29, 0.717) is 6.54 Å². The number of carboxylic acid groups (broad SMARTS) is 1. The van der Waals surface area contributed by atoms with E-state index in [2.05, 4.69) is 0 Å². The lowest BCUT2D eigenvalue weighted by atomic mass is 9.91. The minimum atomic E-state index is -1.04. The van der Waals surface area contributed by atoms with Crippen LogP contribution in [-0.2, 0) is 14.3 Å². The molecule has 1 fully saturated rings. The second-order valence-electron chi connectivity index (χ2n) is 4.54. The van der Waals surface area contributed by atoms with Gasteiger partial charge in [0.1, 0.15) is 0 Å². The normalized spacial score (nSPS) is 21.9. The van der Waals surface area contributed by atoms with E-state index in [-0.39, 0.29) is 25.6 Å². The number of rotatable bonds is 3. The maximum absolute atomic E-state index is 12.0. The van der Waals surface area contributed by atoms with Gasteiger partial charge in [0.15, 0.2) is 6.10 Å². The molecule has 0 bridgehead atoms. The van der Waals surface area contributed by atoms with Gasteiger partial charge in [-0.25, -0.2) is 4.79 Å². The molecule has 0 aromatic heterocycles. The number of carbonyl (C=O) groups excluding carboxylic acids is 1. The summed E-state index contributed by atoms with van der Waals surface area (Å²) in [6, 6.07) is 0. The van der Waals surface area contributed by atoms with Gasteiger partial charge in [0.05, 0.1) is 18.6 Å². The summed E-state index contributed by atoms with van der Waals surface area (Å²) in [5.74, 6) is -1.16. The number of morpholine rings is 1. The molecular formula is C10H18N2O4. The van der Waals surface area contributed by atoms with Crippen LogP contribution < -0.4 is 5.73 Å². The molecule has 1 aliphatic heterocycles. The Labute approximate surface area is 94.3 Å². The van der Waals surface area contributed by atoms with Crippen molar-refractivity contribution >= 4 is 11.9 Å². The van der Waals surface area contributed by atoms with Gasteiger partial charge in [0.2, 0.25) is 5.91 Å². The summed E-state index contributed by atoms with van der Waals surface area (Å²) in [7, 11) is 0. The van der Waals surface area contributed by atoms with Crippen molar-refractivity contribution in [3.8, 4) is 0 Å². The zero-order valence-corrected chi connectivity index (χ0v) is 9.60. The van der Waals surface area contributed by atoms with Gasteiger partial charge in [-0.3, -0.25) is 4.79 Å². The first kappa shape index (κ1) is 12.9. The SMILES string of the molecule is CC(C)(CN)C(=O)N1CCOC(C(=O)O)C1. The first-order chi connectivity index (χ1) is 7.38. The second-order valence-corrected chi connectivity index (χ2v) is 4.54. The molecular weight excluding hydrogens is 212 g/mol. The molecule has 0 aromatic carbocycles. The quantitative estimate of drug-likeness (QED) is 0.667. The molecule has 1 amide bonds. The summed E-state index contributed by atoms with van der Waals surface area (Å²) in [5, 5.41) is 8.81. The van der Waals surface area contributed by atoms with Gasteiger partial charge in [-0.05, 0) is 13.8 Å². The minimum absolute atomic E-state index is 0.0948. The molecule has 1 atom stereocenters. The third-order valence-electron chi connectivity index (χ3n) is 2.72. The van der Waals surface area contributed by atoms with Gasteiger partial charge in [-0.15, -0.1) is 0 Å². The molecule has 0 spiro atoms. The van der Waals surface area contributed by atoms with Crippen molar-refractivity contribution < 1.29 is 19.4 Å². The fraction of sp³-hybridized carbons (Fsp3) is 0.800. The molecule has 0 radical (unpaired) electrons. The van der Waals surface area contributed by atoms with Gasteiger partial charge in [-0.1, -0.05) is 0 Å². The Morgan fingerprint density at radius 3 is 2.69 bits per heavy atom. The third kappa shape index (κ3) is 2.70. The van der Waals surface area contributed by atoms with E-state index in [0.717, 1.165) is 0 Å². The Morgan fingerprint density at radius 2 is 2.19 bits per heavy atom. The summed E-state index contributed by atoms with van der Waals surface area (Å²) >= 11 is 0. The Bertz CT molecular complexity index is 291. The standard InChI is InChI=1S/C10H18N2O4/c1-10(2,6-11)9(15)12-3-4-16-7(5-12)8(13)14/h7H,3-6,11H2,1-2H3,(H,13,14). The zero-order chi connectivity index (χ0) is 12.3. The summed E-state index contributed by atoms with van der Waals surface area (Å²) in [4.78, 5) is 24.3. The number of hydrogen-bond acceptors (Lipinski definition) is 4. The lowest BCUT2D eigenvalue weighted by Crippen LogP contribution is -2.53.